The lowest BCUT2D eigenvalue weighted by Gasteiger charge is -2.25. The van der Waals surface area contributed by atoms with E-state index >= 15 is 0 Å². The van der Waals surface area contributed by atoms with Gasteiger partial charge < -0.3 is 23.9 Å². The molecule has 0 bridgehead atoms. The molecule has 7 rings (SSSR count). The van der Waals surface area contributed by atoms with E-state index in [4.69, 9.17) is 14.6 Å². The number of carboxylic acid groups (broad SMARTS) is 1. The summed E-state index contributed by atoms with van der Waals surface area (Å²) >= 11 is 0. The van der Waals surface area contributed by atoms with Crippen molar-refractivity contribution in [2.45, 2.75) is 70.4 Å². The Labute approximate surface area is 269 Å². The summed E-state index contributed by atoms with van der Waals surface area (Å²) in [6.07, 6.45) is 12.2. The quantitative estimate of drug-likeness (QED) is 0.211. The van der Waals surface area contributed by atoms with Crippen molar-refractivity contribution in [2.24, 2.45) is 0 Å². The van der Waals surface area contributed by atoms with E-state index in [9.17, 15) is 14.7 Å². The molecule has 0 amide bonds. The molecule has 1 N–H and O–H groups in total. The molecule has 4 heterocycles. The van der Waals surface area contributed by atoms with Crippen LogP contribution < -0.4 is 4.74 Å². The highest BCUT2D eigenvalue weighted by Crippen LogP contribution is 2.48. The SMILES string of the molecule is CCOC.COc1ccc2c(c1)C=C(c1c(C=O)cnn1C1CCOCC1)Cn1c-2c(C2CCCCC2)c2ccc(C(=O)O)cc21. The molecule has 1 aliphatic carbocycles. The average molecular weight is 626 g/mol. The van der Waals surface area contributed by atoms with Crippen molar-refractivity contribution in [3.05, 3.63) is 70.5 Å². The van der Waals surface area contributed by atoms with Gasteiger partial charge in [-0.3, -0.25) is 9.48 Å². The number of aromatic carboxylic acids is 1. The zero-order chi connectivity index (χ0) is 32.2. The van der Waals surface area contributed by atoms with E-state index in [0.29, 0.717) is 31.2 Å². The maximum atomic E-state index is 12.4. The van der Waals surface area contributed by atoms with Crippen molar-refractivity contribution in [2.75, 3.05) is 34.0 Å². The zero-order valence-corrected chi connectivity index (χ0v) is 27.0. The summed E-state index contributed by atoms with van der Waals surface area (Å²) in [6.45, 7) is 4.58. The van der Waals surface area contributed by atoms with Crippen LogP contribution in [0.2, 0.25) is 0 Å². The molecule has 4 aromatic rings. The first-order valence-corrected chi connectivity index (χ1v) is 16.4. The van der Waals surface area contributed by atoms with Gasteiger partial charge in [-0.25, -0.2) is 4.79 Å². The number of allylic oxidation sites excluding steroid dienone is 1. The van der Waals surface area contributed by atoms with Crippen LogP contribution in [0.5, 0.6) is 5.75 Å². The van der Waals surface area contributed by atoms with Crippen LogP contribution in [0.25, 0.3) is 33.8 Å². The van der Waals surface area contributed by atoms with Gasteiger partial charge in [0, 0.05) is 43.4 Å². The van der Waals surface area contributed by atoms with Gasteiger partial charge in [0.05, 0.1) is 48.4 Å². The van der Waals surface area contributed by atoms with Gasteiger partial charge in [0.2, 0.25) is 0 Å². The Balaban J connectivity index is 0.000000879. The molecule has 9 nitrogen and oxygen atoms in total. The minimum atomic E-state index is -0.943. The molecular weight excluding hydrogens is 582 g/mol. The summed E-state index contributed by atoms with van der Waals surface area (Å²) in [5, 5.41) is 15.8. The van der Waals surface area contributed by atoms with Gasteiger partial charge >= 0.3 is 5.97 Å². The second-order valence-electron chi connectivity index (χ2n) is 12.3. The Hall–Kier alpha value is -4.21. The number of ether oxygens (including phenoxy) is 3. The van der Waals surface area contributed by atoms with Crippen molar-refractivity contribution in [1.82, 2.24) is 14.3 Å². The summed E-state index contributed by atoms with van der Waals surface area (Å²) in [6, 6.07) is 11.9. The highest BCUT2D eigenvalue weighted by atomic mass is 16.5. The first kappa shape index (κ1) is 31.8. The van der Waals surface area contributed by atoms with Crippen LogP contribution in [0.3, 0.4) is 0 Å². The average Bonchev–Trinajstić information content (AvgIpc) is 3.63. The van der Waals surface area contributed by atoms with E-state index in [1.54, 1.807) is 26.5 Å². The second-order valence-corrected chi connectivity index (χ2v) is 12.3. The maximum Gasteiger partial charge on any atom is 0.335 e. The largest absolute Gasteiger partial charge is 0.497 e. The fraction of sp³-hybridized carbons (Fsp3) is 0.432. The van der Waals surface area contributed by atoms with Gasteiger partial charge in [-0.15, -0.1) is 0 Å². The molecule has 9 heteroatoms. The van der Waals surface area contributed by atoms with E-state index in [2.05, 4.69) is 27.5 Å². The lowest BCUT2D eigenvalue weighted by molar-refractivity contribution is 0.0659. The van der Waals surface area contributed by atoms with E-state index in [1.165, 1.54) is 24.8 Å². The van der Waals surface area contributed by atoms with Crippen molar-refractivity contribution >= 4 is 34.8 Å². The molecule has 242 valence electrons. The number of aldehydes is 1. The smallest absolute Gasteiger partial charge is 0.335 e. The van der Waals surface area contributed by atoms with E-state index < -0.39 is 5.97 Å². The second kappa shape index (κ2) is 14.1. The summed E-state index contributed by atoms with van der Waals surface area (Å²) in [5.41, 5.74) is 8.03. The lowest BCUT2D eigenvalue weighted by Crippen LogP contribution is -2.22. The molecule has 0 spiro atoms. The standard InChI is InChI=1S/C34H35N3O5.C3H8O/c1-41-27-8-10-28-23(16-27)15-24(32-25(20-38)18-35-37(32)26-11-13-42-14-12-26)19-36-30-17-22(34(39)40)7-9-29(30)31(33(28)36)21-5-3-2-4-6-21;1-3-4-2/h7-10,15-18,20-21,26H,2-6,11-14,19H2,1H3,(H,39,40);3H2,1-2H3. The van der Waals surface area contributed by atoms with Crippen molar-refractivity contribution < 1.29 is 28.9 Å². The Morgan fingerprint density at radius 2 is 1.80 bits per heavy atom. The van der Waals surface area contributed by atoms with E-state index in [1.807, 2.05) is 29.8 Å². The fourth-order valence-corrected chi connectivity index (χ4v) is 7.32. The summed E-state index contributed by atoms with van der Waals surface area (Å²) < 4.78 is 20.1. The number of fused-ring (bicyclic) bond motifs is 5. The number of carboxylic acids is 1. The monoisotopic (exact) mass is 625 g/mol. The number of hydrogen-bond donors (Lipinski definition) is 1. The van der Waals surface area contributed by atoms with Crippen LogP contribution in [0, 0.1) is 0 Å². The molecule has 2 aromatic carbocycles. The van der Waals surface area contributed by atoms with Crippen molar-refractivity contribution in [3.63, 3.8) is 0 Å². The number of carbonyl (C=O) groups is 2. The third-order valence-electron chi connectivity index (χ3n) is 9.62. The molecule has 3 aliphatic rings. The molecule has 0 unspecified atom stereocenters. The third-order valence-corrected chi connectivity index (χ3v) is 9.62. The van der Waals surface area contributed by atoms with Gasteiger partial charge in [-0.05, 0) is 91.6 Å². The molecule has 2 fully saturated rings. The molecular formula is C37H43N3O6. The Kier molecular flexibility index (Phi) is 9.70. The lowest BCUT2D eigenvalue weighted by atomic mass is 9.81. The summed E-state index contributed by atoms with van der Waals surface area (Å²) in [7, 11) is 3.35. The Bertz CT molecular complexity index is 1750. The number of hydrogen-bond acceptors (Lipinski definition) is 6. The third kappa shape index (κ3) is 6.01. The van der Waals surface area contributed by atoms with Crippen molar-refractivity contribution in [3.8, 4) is 17.0 Å². The molecule has 0 atom stereocenters. The van der Waals surface area contributed by atoms with Gasteiger partial charge in [-0.2, -0.15) is 5.10 Å². The Morgan fingerprint density at radius 3 is 2.48 bits per heavy atom. The normalized spacial score (nSPS) is 16.9. The molecule has 2 aliphatic heterocycles. The number of carbonyl (C=O) groups excluding carboxylic acids is 1. The number of methoxy groups -OCH3 is 2. The first-order valence-electron chi connectivity index (χ1n) is 16.4. The van der Waals surface area contributed by atoms with E-state index in [-0.39, 0.29) is 11.6 Å². The van der Waals surface area contributed by atoms with E-state index in [0.717, 1.165) is 83.3 Å². The topological polar surface area (TPSA) is 105 Å². The van der Waals surface area contributed by atoms with Gasteiger partial charge in [0.25, 0.3) is 0 Å². The molecule has 0 radical (unpaired) electrons. The predicted octanol–water partition coefficient (Wildman–Crippen LogP) is 7.63. The minimum absolute atomic E-state index is 0.133. The first-order chi connectivity index (χ1) is 22.5. The van der Waals surface area contributed by atoms with Gasteiger partial charge in [-0.1, -0.05) is 25.3 Å². The van der Waals surface area contributed by atoms with Crippen LogP contribution in [-0.2, 0) is 16.0 Å². The number of benzene rings is 2. The summed E-state index contributed by atoms with van der Waals surface area (Å²) in [4.78, 5) is 24.5. The van der Waals surface area contributed by atoms with Crippen LogP contribution in [0.1, 0.15) is 101 Å². The number of aromatic nitrogens is 3. The fourth-order valence-electron chi connectivity index (χ4n) is 7.32. The maximum absolute atomic E-state index is 12.4. The number of rotatable bonds is 7. The Morgan fingerprint density at radius 1 is 1.04 bits per heavy atom. The van der Waals surface area contributed by atoms with Crippen LogP contribution >= 0.6 is 0 Å². The highest BCUT2D eigenvalue weighted by Gasteiger charge is 2.31. The highest BCUT2D eigenvalue weighted by molar-refractivity contribution is 6.02. The molecule has 2 aromatic heterocycles. The molecule has 1 saturated carbocycles. The van der Waals surface area contributed by atoms with Gasteiger partial charge in [0.15, 0.2) is 6.29 Å². The van der Waals surface area contributed by atoms with Crippen LogP contribution in [-0.4, -0.2) is 65.7 Å². The molecule has 46 heavy (non-hydrogen) atoms. The van der Waals surface area contributed by atoms with Gasteiger partial charge in [0.1, 0.15) is 5.75 Å². The van der Waals surface area contributed by atoms with Crippen molar-refractivity contribution in [1.29, 1.82) is 0 Å². The predicted molar refractivity (Wildman–Crippen MR) is 179 cm³/mol. The zero-order valence-electron chi connectivity index (χ0n) is 27.0. The molecule has 1 saturated heterocycles. The minimum Gasteiger partial charge on any atom is -0.497 e. The summed E-state index contributed by atoms with van der Waals surface area (Å²) in [5.74, 6) is 0.208. The van der Waals surface area contributed by atoms with Crippen LogP contribution in [0.4, 0.5) is 0 Å². The van der Waals surface area contributed by atoms with Crippen LogP contribution in [0.15, 0.2) is 42.6 Å². The number of nitrogens with zero attached hydrogens (tertiary/aromatic N) is 3.